The molecule has 0 aromatic heterocycles. The molecular formula is C26H40N2O6S. The minimum Gasteiger partial charge on any atom is -0.483 e. The highest BCUT2D eigenvalue weighted by atomic mass is 32.2. The largest absolute Gasteiger partial charge is 0.483 e. The number of benzene rings is 1. The number of aldehydes is 1. The highest BCUT2D eigenvalue weighted by Gasteiger charge is 2.56. The third-order valence-corrected chi connectivity index (χ3v) is 6.72. The van der Waals surface area contributed by atoms with Crippen molar-refractivity contribution in [3.05, 3.63) is 47.5 Å². The number of hydrogen-bond acceptors (Lipinski definition) is 7. The Balaban J connectivity index is 0.000000684. The molecule has 2 aliphatic rings. The van der Waals surface area contributed by atoms with E-state index < -0.39 is 6.04 Å². The van der Waals surface area contributed by atoms with Gasteiger partial charge in [0.05, 0.1) is 0 Å². The van der Waals surface area contributed by atoms with Crippen LogP contribution in [-0.4, -0.2) is 71.5 Å². The molecule has 8 nitrogen and oxygen atoms in total. The Morgan fingerprint density at radius 1 is 1.23 bits per heavy atom. The highest BCUT2D eigenvalue weighted by molar-refractivity contribution is 8.00. The van der Waals surface area contributed by atoms with Crippen LogP contribution in [0.1, 0.15) is 46.6 Å². The van der Waals surface area contributed by atoms with Gasteiger partial charge in [0.15, 0.2) is 0 Å². The maximum Gasteiger partial charge on any atom is 0.329 e. The monoisotopic (exact) mass is 508 g/mol. The fourth-order valence-electron chi connectivity index (χ4n) is 3.50. The van der Waals surface area contributed by atoms with Crippen LogP contribution < -0.4 is 5.32 Å². The van der Waals surface area contributed by atoms with Gasteiger partial charge < -0.3 is 24.9 Å². The number of allylic oxidation sites excluding steroid dienone is 1. The number of carbonyl (C=O) groups excluding carboxylic acids is 3. The number of likely N-dealkylation sites (N-methyl/N-ethyl adjacent to an activating group) is 1. The Bertz CT molecular complexity index is 798. The van der Waals surface area contributed by atoms with Crippen LogP contribution in [0.4, 0.5) is 0 Å². The molecule has 9 heteroatoms. The third-order valence-electron chi connectivity index (χ3n) is 5.26. The van der Waals surface area contributed by atoms with E-state index in [1.165, 1.54) is 0 Å². The summed E-state index contributed by atoms with van der Waals surface area (Å²) in [7, 11) is 1.79. The van der Waals surface area contributed by atoms with Gasteiger partial charge in [0.2, 0.25) is 5.91 Å². The molecule has 4 atom stereocenters. The van der Waals surface area contributed by atoms with Crippen molar-refractivity contribution in [2.45, 2.75) is 64.9 Å². The lowest BCUT2D eigenvalue weighted by Crippen LogP contribution is -2.74. The maximum atomic E-state index is 12.4. The topological polar surface area (TPSA) is 113 Å². The SMILES string of the molecule is CC.CC[C@H]1CSC2C(NC)C(=O)N2C1C(=O)OCC=C(C)C.O=CCc1ccccc1.O=CO. The average Bonchev–Trinajstić information content (AvgIpc) is 2.86. The van der Waals surface area contributed by atoms with Gasteiger partial charge in [-0.1, -0.05) is 56.7 Å². The number of nitrogens with one attached hydrogen (secondary N) is 1. The normalized spacial score (nSPS) is 21.5. The number of rotatable bonds is 7. The van der Waals surface area contributed by atoms with E-state index in [9.17, 15) is 14.4 Å². The van der Waals surface area contributed by atoms with E-state index in [2.05, 4.69) is 12.2 Å². The molecule has 2 N–H and O–H groups in total. The Labute approximate surface area is 213 Å². The van der Waals surface area contributed by atoms with E-state index in [1.807, 2.05) is 64.1 Å². The van der Waals surface area contributed by atoms with Gasteiger partial charge in [-0.25, -0.2) is 4.79 Å². The van der Waals surface area contributed by atoms with Gasteiger partial charge in [-0.2, -0.15) is 0 Å². The lowest BCUT2D eigenvalue weighted by molar-refractivity contribution is -0.167. The zero-order valence-corrected chi connectivity index (χ0v) is 22.4. The second-order valence-corrected chi connectivity index (χ2v) is 8.87. The fourth-order valence-corrected chi connectivity index (χ4v) is 5.20. The summed E-state index contributed by atoms with van der Waals surface area (Å²) >= 11 is 1.75. The minimum atomic E-state index is -0.427. The number of carboxylic acid groups (broad SMARTS) is 1. The molecule has 0 bridgehead atoms. The molecule has 1 amide bonds. The maximum absolute atomic E-state index is 12.4. The molecule has 0 radical (unpaired) electrons. The summed E-state index contributed by atoms with van der Waals surface area (Å²) in [6.45, 7) is 10.0. The molecule has 2 saturated heterocycles. The van der Waals surface area contributed by atoms with Gasteiger partial charge >= 0.3 is 5.97 Å². The van der Waals surface area contributed by atoms with E-state index >= 15 is 0 Å². The highest BCUT2D eigenvalue weighted by Crippen LogP contribution is 2.41. The summed E-state index contributed by atoms with van der Waals surface area (Å²) in [5, 5.41) is 9.98. The number of β-lactam (4-membered cyclic amide) rings is 1. The van der Waals surface area contributed by atoms with Crippen molar-refractivity contribution in [3.63, 3.8) is 0 Å². The summed E-state index contributed by atoms with van der Waals surface area (Å²) in [6, 6.07) is 9.08. The van der Waals surface area contributed by atoms with Gasteiger partial charge in [0.25, 0.3) is 6.47 Å². The number of esters is 1. The van der Waals surface area contributed by atoms with E-state index in [-0.39, 0.29) is 42.3 Å². The number of nitrogens with zero attached hydrogens (tertiary/aromatic N) is 1. The number of carbonyl (C=O) groups is 4. The second-order valence-electron chi connectivity index (χ2n) is 7.72. The first-order valence-electron chi connectivity index (χ1n) is 11.8. The van der Waals surface area contributed by atoms with Crippen LogP contribution >= 0.6 is 11.8 Å². The van der Waals surface area contributed by atoms with Crippen molar-refractivity contribution in [2.24, 2.45) is 5.92 Å². The van der Waals surface area contributed by atoms with Crippen molar-refractivity contribution < 1.29 is 29.0 Å². The summed E-state index contributed by atoms with van der Waals surface area (Å²) in [5.74, 6) is 0.808. The molecule has 2 aliphatic heterocycles. The van der Waals surface area contributed by atoms with Crippen molar-refractivity contribution >= 4 is 36.4 Å². The summed E-state index contributed by atoms with van der Waals surface area (Å²) in [4.78, 5) is 44.7. The van der Waals surface area contributed by atoms with Gasteiger partial charge in [-0.3, -0.25) is 9.59 Å². The zero-order chi connectivity index (χ0) is 26.8. The average molecular weight is 509 g/mol. The number of hydrogen-bond donors (Lipinski definition) is 2. The van der Waals surface area contributed by atoms with Crippen LogP contribution in [0.2, 0.25) is 0 Å². The first-order chi connectivity index (χ1) is 16.9. The van der Waals surface area contributed by atoms with Crippen molar-refractivity contribution in [1.29, 1.82) is 0 Å². The van der Waals surface area contributed by atoms with Crippen LogP contribution in [0.25, 0.3) is 0 Å². The lowest BCUT2D eigenvalue weighted by Gasteiger charge is -2.54. The van der Waals surface area contributed by atoms with Crippen molar-refractivity contribution in [3.8, 4) is 0 Å². The molecule has 3 rings (SSSR count). The Morgan fingerprint density at radius 2 is 1.83 bits per heavy atom. The molecule has 3 unspecified atom stereocenters. The standard InChI is InChI=1S/C15H24N2O3S.C8H8O.C2H6.CH2O2/c1-5-10-8-21-14-11(16-4)13(18)17(14)12(10)15(19)20-7-6-9(2)3;9-7-6-8-4-2-1-3-5-8;1-2;2-1-3/h6,10-12,14,16H,5,7-8H2,1-4H3;1-5,7H,6H2;1-2H3;1H,(H,2,3)/t10-,11?,12?,14?;;;/m0.../s1. The number of ether oxygens (including phenoxy) is 1. The molecule has 35 heavy (non-hydrogen) atoms. The smallest absolute Gasteiger partial charge is 0.329 e. The number of fused-ring (bicyclic) bond motifs is 1. The second kappa shape index (κ2) is 18.6. The predicted molar refractivity (Wildman–Crippen MR) is 140 cm³/mol. The molecule has 2 heterocycles. The molecule has 0 spiro atoms. The van der Waals surface area contributed by atoms with Gasteiger partial charge in [0, 0.05) is 12.2 Å². The fraction of sp³-hybridized carbons (Fsp3) is 0.538. The Kier molecular flexibility index (Phi) is 17.2. The summed E-state index contributed by atoms with van der Waals surface area (Å²) in [6.07, 6.45) is 4.19. The Morgan fingerprint density at radius 3 is 2.31 bits per heavy atom. The van der Waals surface area contributed by atoms with Crippen LogP contribution in [-0.2, 0) is 30.3 Å². The van der Waals surface area contributed by atoms with Gasteiger partial charge in [0.1, 0.15) is 30.4 Å². The van der Waals surface area contributed by atoms with E-state index in [4.69, 9.17) is 14.6 Å². The van der Waals surface area contributed by atoms with Crippen LogP contribution in [0, 0.1) is 5.92 Å². The van der Waals surface area contributed by atoms with Crippen molar-refractivity contribution in [2.75, 3.05) is 19.4 Å². The quantitative estimate of drug-likeness (QED) is 0.249. The first kappa shape index (κ1) is 32.4. The van der Waals surface area contributed by atoms with Crippen LogP contribution in [0.3, 0.4) is 0 Å². The Hall–Kier alpha value is -2.65. The number of thioether (sulfide) groups is 1. The van der Waals surface area contributed by atoms with Crippen LogP contribution in [0.5, 0.6) is 0 Å². The van der Waals surface area contributed by atoms with Gasteiger partial charge in [-0.15, -0.1) is 11.8 Å². The van der Waals surface area contributed by atoms with Gasteiger partial charge in [-0.05, 0) is 44.9 Å². The van der Waals surface area contributed by atoms with Crippen LogP contribution in [0.15, 0.2) is 42.0 Å². The summed E-state index contributed by atoms with van der Waals surface area (Å²) in [5.41, 5.74) is 2.19. The molecular weight excluding hydrogens is 468 g/mol. The molecule has 0 saturated carbocycles. The van der Waals surface area contributed by atoms with E-state index in [1.54, 1.807) is 23.7 Å². The molecule has 1 aromatic rings. The molecule has 2 fully saturated rings. The summed E-state index contributed by atoms with van der Waals surface area (Å²) < 4.78 is 5.36. The molecule has 196 valence electrons. The minimum absolute atomic E-state index is 0.0114. The third kappa shape index (κ3) is 10.2. The molecule has 0 aliphatic carbocycles. The van der Waals surface area contributed by atoms with E-state index in [0.717, 1.165) is 29.6 Å². The van der Waals surface area contributed by atoms with E-state index in [0.29, 0.717) is 6.42 Å². The number of amides is 1. The zero-order valence-electron chi connectivity index (χ0n) is 21.6. The van der Waals surface area contributed by atoms with Crippen molar-refractivity contribution in [1.82, 2.24) is 10.2 Å². The predicted octanol–water partition coefficient (Wildman–Crippen LogP) is 3.55. The molecule has 1 aromatic carbocycles. The first-order valence-corrected chi connectivity index (χ1v) is 12.9. The lowest BCUT2D eigenvalue weighted by atomic mass is 9.92.